The van der Waals surface area contributed by atoms with E-state index in [1.807, 2.05) is 25.1 Å². The average Bonchev–Trinajstić information content (AvgIpc) is 2.55. The van der Waals surface area contributed by atoms with Gasteiger partial charge in [0.1, 0.15) is 0 Å². The predicted octanol–water partition coefficient (Wildman–Crippen LogP) is 0.000300. The van der Waals surface area contributed by atoms with Crippen molar-refractivity contribution < 1.29 is 55.0 Å². The summed E-state index contributed by atoms with van der Waals surface area (Å²) in [6, 6.07) is 18.9. The summed E-state index contributed by atoms with van der Waals surface area (Å²) in [7, 11) is -4.64. The molecule has 0 atom stereocenters. The Morgan fingerprint density at radius 1 is 1.00 bits per heavy atom. The normalized spacial score (nSPS) is 10.2. The molecule has 0 bridgehead atoms. The number of phosphoric acid groups is 1. The quantitative estimate of drug-likeness (QED) is 0.411. The fourth-order valence-electron chi connectivity index (χ4n) is 2.16. The van der Waals surface area contributed by atoms with E-state index < -0.39 is 7.82 Å². The Morgan fingerprint density at radius 3 is 2.00 bits per heavy atom. The van der Waals surface area contributed by atoms with Gasteiger partial charge in [-0.2, -0.15) is 0 Å². The molecule has 0 heterocycles. The number of carbonyl (C=O) groups excluding carboxylic acids is 1. The summed E-state index contributed by atoms with van der Waals surface area (Å²) in [4.78, 5) is 32.9. The first-order chi connectivity index (χ1) is 11.8. The number of hydrogen-bond donors (Lipinski definition) is 4. The van der Waals surface area contributed by atoms with E-state index in [1.165, 1.54) is 16.7 Å². The van der Waals surface area contributed by atoms with Crippen LogP contribution in [0.25, 0.3) is 11.1 Å². The first kappa shape index (κ1) is 25.0. The Morgan fingerprint density at radius 2 is 1.50 bits per heavy atom. The molecule has 0 saturated heterocycles. The summed E-state index contributed by atoms with van der Waals surface area (Å²) in [5, 5.41) is 2.94. The summed E-state index contributed by atoms with van der Waals surface area (Å²) in [5.74, 6) is 0.147. The third-order valence-corrected chi connectivity index (χ3v) is 3.27. The monoisotopic (exact) mass is 389 g/mol. The minimum Gasteiger partial charge on any atom is -1.00 e. The van der Waals surface area contributed by atoms with E-state index in [4.69, 9.17) is 19.2 Å². The second-order valence-corrected chi connectivity index (χ2v) is 6.45. The van der Waals surface area contributed by atoms with Crippen LogP contribution in [0.1, 0.15) is 26.8 Å². The molecular weight excluding hydrogens is 364 g/mol. The number of amides is 1. The molecule has 6 nitrogen and oxygen atoms in total. The van der Waals surface area contributed by atoms with Crippen molar-refractivity contribution >= 4 is 13.7 Å². The van der Waals surface area contributed by atoms with E-state index in [-0.39, 0.29) is 36.9 Å². The SMILES string of the molecule is CCCC(=O)NCCc1ccc(-c2ccccc2)cc1.O=P(O)(O)O.[H-].[Na+]. The molecule has 0 aliphatic heterocycles. The molecule has 0 aliphatic rings. The summed E-state index contributed by atoms with van der Waals surface area (Å²) >= 11 is 0. The van der Waals surface area contributed by atoms with Gasteiger partial charge in [-0.05, 0) is 29.5 Å². The van der Waals surface area contributed by atoms with Gasteiger partial charge < -0.3 is 21.4 Å². The maximum Gasteiger partial charge on any atom is 1.00 e. The Labute approximate surface area is 177 Å². The zero-order valence-corrected chi connectivity index (χ0v) is 18.0. The first-order valence-electron chi connectivity index (χ1n) is 7.99. The van der Waals surface area contributed by atoms with Gasteiger partial charge in [-0.25, -0.2) is 4.57 Å². The van der Waals surface area contributed by atoms with Crippen molar-refractivity contribution in [1.29, 1.82) is 0 Å². The third-order valence-electron chi connectivity index (χ3n) is 3.27. The van der Waals surface area contributed by atoms with E-state index in [9.17, 15) is 4.79 Å². The van der Waals surface area contributed by atoms with Gasteiger partial charge in [-0.3, -0.25) is 4.79 Å². The van der Waals surface area contributed by atoms with Gasteiger partial charge >= 0.3 is 37.4 Å². The van der Waals surface area contributed by atoms with Crippen LogP contribution in [0, 0.1) is 0 Å². The van der Waals surface area contributed by atoms with Crippen LogP contribution >= 0.6 is 7.82 Å². The second-order valence-electron chi connectivity index (χ2n) is 5.43. The summed E-state index contributed by atoms with van der Waals surface area (Å²) in [6.07, 6.45) is 2.40. The van der Waals surface area contributed by atoms with Crippen LogP contribution in [0.15, 0.2) is 54.6 Å². The second kappa shape index (κ2) is 13.2. The zero-order valence-electron chi connectivity index (χ0n) is 16.1. The molecule has 138 valence electrons. The number of benzene rings is 2. The van der Waals surface area contributed by atoms with Gasteiger partial charge in [0.05, 0.1) is 0 Å². The van der Waals surface area contributed by atoms with Gasteiger partial charge in [-0.1, -0.05) is 61.5 Å². The molecule has 8 heteroatoms. The molecule has 26 heavy (non-hydrogen) atoms. The third kappa shape index (κ3) is 12.4. The van der Waals surface area contributed by atoms with Gasteiger partial charge in [0.15, 0.2) is 0 Å². The molecule has 0 aromatic heterocycles. The Balaban J connectivity index is 0. The largest absolute Gasteiger partial charge is 1.00 e. The van der Waals surface area contributed by atoms with Crippen molar-refractivity contribution in [1.82, 2.24) is 5.32 Å². The van der Waals surface area contributed by atoms with Crippen LogP contribution in [-0.2, 0) is 15.8 Å². The van der Waals surface area contributed by atoms with Gasteiger partial charge in [0.25, 0.3) is 0 Å². The first-order valence-corrected chi connectivity index (χ1v) is 9.55. The molecule has 0 aliphatic carbocycles. The molecule has 0 radical (unpaired) electrons. The maximum atomic E-state index is 11.4. The fraction of sp³-hybridized carbons (Fsp3) is 0.278. The minimum absolute atomic E-state index is 0. The average molecular weight is 389 g/mol. The van der Waals surface area contributed by atoms with E-state index in [0.29, 0.717) is 13.0 Å². The van der Waals surface area contributed by atoms with Gasteiger partial charge in [-0.15, -0.1) is 0 Å². The number of hydrogen-bond acceptors (Lipinski definition) is 2. The van der Waals surface area contributed by atoms with E-state index >= 15 is 0 Å². The van der Waals surface area contributed by atoms with Crippen LogP contribution in [-0.4, -0.2) is 27.1 Å². The van der Waals surface area contributed by atoms with Crippen LogP contribution < -0.4 is 34.9 Å². The Hall–Kier alpha value is -0.980. The topological polar surface area (TPSA) is 107 Å². The smallest absolute Gasteiger partial charge is 1.00 e. The summed E-state index contributed by atoms with van der Waals surface area (Å²) in [5.41, 5.74) is 3.71. The van der Waals surface area contributed by atoms with Crippen molar-refractivity contribution in [2.75, 3.05) is 6.54 Å². The van der Waals surface area contributed by atoms with Gasteiger partial charge in [0, 0.05) is 13.0 Å². The van der Waals surface area contributed by atoms with E-state index in [1.54, 1.807) is 0 Å². The fourth-order valence-corrected chi connectivity index (χ4v) is 2.16. The van der Waals surface area contributed by atoms with Crippen molar-refractivity contribution in [3.63, 3.8) is 0 Å². The standard InChI is InChI=1S/C18H21NO.Na.H3O4P.H/c1-2-6-18(20)19-14-13-15-9-11-17(12-10-15)16-7-4-3-5-8-16;;1-5(2,3)4;/h3-5,7-12H,2,6,13-14H2,1H3,(H,19,20);;(H3,1,2,3,4);/q;+1;;-1. The molecular formula is C18H25NNaO5P. The molecule has 0 unspecified atom stereocenters. The number of rotatable bonds is 6. The predicted molar refractivity (Wildman–Crippen MR) is 98.9 cm³/mol. The van der Waals surface area contributed by atoms with Gasteiger partial charge in [0.2, 0.25) is 5.91 Å². The molecule has 1 amide bonds. The van der Waals surface area contributed by atoms with Crippen LogP contribution in [0.3, 0.4) is 0 Å². The van der Waals surface area contributed by atoms with Crippen molar-refractivity contribution in [2.45, 2.75) is 26.2 Å². The molecule has 2 aromatic carbocycles. The summed E-state index contributed by atoms with van der Waals surface area (Å²) in [6.45, 7) is 2.73. The number of nitrogens with one attached hydrogen (secondary N) is 1. The Kier molecular flexibility index (Phi) is 12.7. The van der Waals surface area contributed by atoms with Crippen LogP contribution in [0.5, 0.6) is 0 Å². The Bertz CT molecular complexity index is 686. The maximum absolute atomic E-state index is 11.4. The van der Waals surface area contributed by atoms with E-state index in [2.05, 4.69) is 41.7 Å². The molecule has 4 N–H and O–H groups in total. The summed E-state index contributed by atoms with van der Waals surface area (Å²) < 4.78 is 8.88. The van der Waals surface area contributed by atoms with Crippen molar-refractivity contribution in [2.24, 2.45) is 0 Å². The minimum atomic E-state index is -4.64. The number of carbonyl (C=O) groups is 1. The molecule has 0 saturated carbocycles. The molecule has 2 aromatic rings. The van der Waals surface area contributed by atoms with Crippen molar-refractivity contribution in [3.8, 4) is 11.1 Å². The zero-order chi connectivity index (χ0) is 18.7. The van der Waals surface area contributed by atoms with Crippen LogP contribution in [0.2, 0.25) is 0 Å². The van der Waals surface area contributed by atoms with E-state index in [0.717, 1.165) is 12.8 Å². The molecule has 2 rings (SSSR count). The molecule has 0 spiro atoms. The molecule has 0 fully saturated rings. The van der Waals surface area contributed by atoms with Crippen molar-refractivity contribution in [3.05, 3.63) is 60.2 Å². The van der Waals surface area contributed by atoms with Crippen LogP contribution in [0.4, 0.5) is 0 Å².